The number of nitrogens with zero attached hydrogens (tertiary/aromatic N) is 2. The van der Waals surface area contributed by atoms with Gasteiger partial charge in [0.1, 0.15) is 9.84 Å². The Morgan fingerprint density at radius 3 is 2.20 bits per heavy atom. The van der Waals surface area contributed by atoms with E-state index in [1.54, 1.807) is 0 Å². The molecule has 0 saturated carbocycles. The topological polar surface area (TPSA) is 74.8 Å². The fourth-order valence-electron chi connectivity index (χ4n) is 2.34. The van der Waals surface area contributed by atoms with Crippen LogP contribution in [0.15, 0.2) is 12.1 Å². The number of alkyl halides is 3. The van der Waals surface area contributed by atoms with Crippen LogP contribution in [0.25, 0.3) is 0 Å². The fourth-order valence-corrected chi connectivity index (χ4v) is 3.86. The molecule has 11 heteroatoms. The first-order chi connectivity index (χ1) is 11.5. The molecule has 25 heavy (non-hydrogen) atoms. The lowest BCUT2D eigenvalue weighted by atomic mass is 10.3. The molecule has 1 aliphatic rings. The third kappa shape index (κ3) is 5.51. The average Bonchev–Trinajstić information content (AvgIpc) is 3.00. The maximum Gasteiger partial charge on any atom is 0.455 e. The van der Waals surface area contributed by atoms with Gasteiger partial charge in [-0.15, -0.1) is 11.3 Å². The molecular weight excluding hydrogens is 381 g/mol. The lowest BCUT2D eigenvalue weighted by molar-refractivity contribution is -0.0882. The highest BCUT2D eigenvalue weighted by Gasteiger charge is 2.40. The molecule has 0 spiro atoms. The molecule has 1 saturated heterocycles. The van der Waals surface area contributed by atoms with Crippen molar-refractivity contribution in [1.82, 2.24) is 9.80 Å². The van der Waals surface area contributed by atoms with Crippen LogP contribution >= 0.6 is 11.3 Å². The summed E-state index contributed by atoms with van der Waals surface area (Å²) < 4.78 is 59.6. The monoisotopic (exact) mass is 398 g/mol. The minimum Gasteiger partial charge on any atom is -0.335 e. The number of thiophene rings is 1. The highest BCUT2D eigenvalue weighted by atomic mass is 32.2. The van der Waals surface area contributed by atoms with Gasteiger partial charge in [0.15, 0.2) is 0 Å². The zero-order chi connectivity index (χ0) is 18.8. The summed E-state index contributed by atoms with van der Waals surface area (Å²) >= 11 is 0.530. The van der Waals surface area contributed by atoms with Crippen molar-refractivity contribution >= 4 is 32.9 Å². The molecule has 0 aromatic carbocycles. The van der Waals surface area contributed by atoms with Crippen molar-refractivity contribution in [3.8, 4) is 0 Å². The normalized spacial score (nSPS) is 16.9. The van der Waals surface area contributed by atoms with Gasteiger partial charge >= 0.3 is 6.18 Å². The first-order valence-electron chi connectivity index (χ1n) is 7.38. The summed E-state index contributed by atoms with van der Waals surface area (Å²) in [6, 6.07) is 2.23. The third-order valence-electron chi connectivity index (χ3n) is 3.74. The number of carbonyl (C=O) groups is 2. The lowest BCUT2D eigenvalue weighted by Gasteiger charge is -2.34. The Hall–Kier alpha value is -1.46. The van der Waals surface area contributed by atoms with E-state index in [2.05, 4.69) is 0 Å². The van der Waals surface area contributed by atoms with Crippen molar-refractivity contribution < 1.29 is 31.2 Å². The maximum atomic E-state index is 12.4. The Morgan fingerprint density at radius 1 is 1.12 bits per heavy atom. The van der Waals surface area contributed by atoms with E-state index in [0.29, 0.717) is 44.1 Å². The van der Waals surface area contributed by atoms with Crippen LogP contribution in [-0.2, 0) is 9.84 Å². The van der Waals surface area contributed by atoms with Gasteiger partial charge in [0.2, 0.25) is 0 Å². The summed E-state index contributed by atoms with van der Waals surface area (Å²) in [4.78, 5) is 26.5. The maximum absolute atomic E-state index is 12.4. The SMILES string of the molecule is CS(=O)(=O)CCN1CCN(C(=O)c2ccc(C(=O)C(F)(F)F)s2)CC1. The standard InChI is InChI=1S/C14H17F3N2O4S2/c1-25(22,23)9-8-18-4-6-19(7-5-18)13(21)11-3-2-10(24-11)12(20)14(15,16)17/h2-3H,4-9H2,1H3. The van der Waals surface area contributed by atoms with Crippen LogP contribution in [0.1, 0.15) is 19.3 Å². The van der Waals surface area contributed by atoms with Crippen molar-refractivity contribution in [3.05, 3.63) is 21.9 Å². The quantitative estimate of drug-likeness (QED) is 0.699. The summed E-state index contributed by atoms with van der Waals surface area (Å²) in [5, 5.41) is 0. The number of ketones is 1. The predicted molar refractivity (Wildman–Crippen MR) is 86.8 cm³/mol. The second kappa shape index (κ2) is 7.42. The summed E-state index contributed by atoms with van der Waals surface area (Å²) in [6.45, 7) is 2.05. The zero-order valence-electron chi connectivity index (χ0n) is 13.4. The van der Waals surface area contributed by atoms with Gasteiger partial charge in [-0.3, -0.25) is 14.5 Å². The second-order valence-corrected chi connectivity index (χ2v) is 9.10. The van der Waals surface area contributed by atoms with Crippen molar-refractivity contribution in [1.29, 1.82) is 0 Å². The largest absolute Gasteiger partial charge is 0.455 e. The number of hydrogen-bond acceptors (Lipinski definition) is 6. The van der Waals surface area contributed by atoms with E-state index in [4.69, 9.17) is 0 Å². The Labute approximate surface area is 147 Å². The number of halogens is 3. The lowest BCUT2D eigenvalue weighted by Crippen LogP contribution is -2.49. The Morgan fingerprint density at radius 2 is 1.68 bits per heavy atom. The van der Waals surface area contributed by atoms with Gasteiger partial charge in [-0.25, -0.2) is 8.42 Å². The third-order valence-corrected chi connectivity index (χ3v) is 5.73. The van der Waals surface area contributed by atoms with Gasteiger partial charge in [0, 0.05) is 39.0 Å². The van der Waals surface area contributed by atoms with E-state index in [9.17, 15) is 31.2 Å². The number of piperazine rings is 1. The molecule has 2 heterocycles. The van der Waals surface area contributed by atoms with Crippen LogP contribution in [0, 0.1) is 0 Å². The number of carbonyl (C=O) groups excluding carboxylic acids is 2. The highest BCUT2D eigenvalue weighted by molar-refractivity contribution is 7.90. The van der Waals surface area contributed by atoms with Crippen LogP contribution in [0.4, 0.5) is 13.2 Å². The second-order valence-electron chi connectivity index (χ2n) is 5.75. The molecule has 0 unspecified atom stereocenters. The number of sulfone groups is 1. The molecule has 6 nitrogen and oxygen atoms in total. The van der Waals surface area contributed by atoms with E-state index >= 15 is 0 Å². The molecular formula is C14H17F3N2O4S2. The van der Waals surface area contributed by atoms with E-state index < -0.39 is 32.6 Å². The minimum atomic E-state index is -4.96. The molecule has 1 aromatic rings. The smallest absolute Gasteiger partial charge is 0.335 e. The van der Waals surface area contributed by atoms with Crippen LogP contribution in [0.3, 0.4) is 0 Å². The minimum absolute atomic E-state index is 0.0365. The molecule has 0 bridgehead atoms. The molecule has 2 rings (SSSR count). The van der Waals surface area contributed by atoms with Crippen molar-refractivity contribution in [2.24, 2.45) is 0 Å². The first-order valence-corrected chi connectivity index (χ1v) is 10.3. The molecule has 1 aromatic heterocycles. The molecule has 1 fully saturated rings. The van der Waals surface area contributed by atoms with Crippen LogP contribution in [0.5, 0.6) is 0 Å². The van der Waals surface area contributed by atoms with Crippen molar-refractivity contribution in [3.63, 3.8) is 0 Å². The molecule has 140 valence electrons. The van der Waals surface area contributed by atoms with Crippen LogP contribution < -0.4 is 0 Å². The average molecular weight is 398 g/mol. The van der Waals surface area contributed by atoms with E-state index in [1.165, 1.54) is 11.0 Å². The summed E-state index contributed by atoms with van der Waals surface area (Å²) in [7, 11) is -3.06. The van der Waals surface area contributed by atoms with Gasteiger partial charge in [0.25, 0.3) is 11.7 Å². The first kappa shape index (κ1) is 19.9. The van der Waals surface area contributed by atoms with Crippen LogP contribution in [-0.4, -0.2) is 80.8 Å². The van der Waals surface area contributed by atoms with Crippen LogP contribution in [0.2, 0.25) is 0 Å². The zero-order valence-corrected chi connectivity index (χ0v) is 15.0. The van der Waals surface area contributed by atoms with Gasteiger partial charge in [-0.1, -0.05) is 0 Å². The summed E-state index contributed by atoms with van der Waals surface area (Å²) in [5.74, 6) is -2.34. The van der Waals surface area contributed by atoms with Gasteiger partial charge in [-0.2, -0.15) is 13.2 Å². The fraction of sp³-hybridized carbons (Fsp3) is 0.571. The Kier molecular flexibility index (Phi) is 5.89. The van der Waals surface area contributed by atoms with E-state index in [-0.39, 0.29) is 10.6 Å². The van der Waals surface area contributed by atoms with Gasteiger partial charge < -0.3 is 4.90 Å². The highest BCUT2D eigenvalue weighted by Crippen LogP contribution is 2.27. The van der Waals surface area contributed by atoms with Crippen molar-refractivity contribution in [2.75, 3.05) is 44.7 Å². The number of hydrogen-bond donors (Lipinski definition) is 0. The molecule has 0 N–H and O–H groups in total. The summed E-state index contributed by atoms with van der Waals surface area (Å²) in [6.07, 6.45) is -3.81. The van der Waals surface area contributed by atoms with Crippen molar-refractivity contribution in [2.45, 2.75) is 6.18 Å². The Bertz CT molecular complexity index is 750. The number of Topliss-reactive ketones (excluding diaryl/α,β-unsaturated/α-hetero) is 1. The molecule has 1 amide bonds. The molecule has 0 radical (unpaired) electrons. The van der Waals surface area contributed by atoms with E-state index in [1.807, 2.05) is 4.90 Å². The molecule has 0 aliphatic carbocycles. The molecule has 1 aliphatic heterocycles. The Balaban J connectivity index is 1.93. The van der Waals surface area contributed by atoms with E-state index in [0.717, 1.165) is 12.3 Å². The predicted octanol–water partition coefficient (Wildman–Crippen LogP) is 1.30. The number of amides is 1. The molecule has 0 atom stereocenters. The van der Waals surface area contributed by atoms with Gasteiger partial charge in [-0.05, 0) is 12.1 Å². The number of rotatable bonds is 5. The van der Waals surface area contributed by atoms with Gasteiger partial charge in [0.05, 0.1) is 15.5 Å². The summed E-state index contributed by atoms with van der Waals surface area (Å²) in [5.41, 5.74) is 0.